The van der Waals surface area contributed by atoms with Gasteiger partial charge in [0.1, 0.15) is 0 Å². The first-order valence-corrected chi connectivity index (χ1v) is 21.0. The minimum Gasteiger partial charge on any atom is -0.512 e. The zero-order valence-electron chi connectivity index (χ0n) is 35.1. The van der Waals surface area contributed by atoms with Gasteiger partial charge in [-0.05, 0) is 96.0 Å². The predicted octanol–water partition coefficient (Wildman–Crippen LogP) is 14.7. The maximum atomic E-state index is 11.7. The molecule has 5 heteroatoms. The van der Waals surface area contributed by atoms with Crippen LogP contribution in [0.2, 0.25) is 0 Å². The van der Waals surface area contributed by atoms with E-state index < -0.39 is 0 Å². The summed E-state index contributed by atoms with van der Waals surface area (Å²) in [6.07, 6.45) is 4.91. The van der Waals surface area contributed by atoms with Crippen molar-refractivity contribution in [1.82, 2.24) is 4.98 Å². The van der Waals surface area contributed by atoms with Crippen molar-refractivity contribution < 1.29 is 30.0 Å². The van der Waals surface area contributed by atoms with Crippen LogP contribution in [0, 0.1) is 31.7 Å². The first-order chi connectivity index (χ1) is 26.1. The van der Waals surface area contributed by atoms with Gasteiger partial charge in [-0.2, -0.15) is 11.3 Å². The number of carbonyl (C=O) groups is 1. The number of benzene rings is 5. The molecule has 1 N–H and O–H groups in total. The second kappa shape index (κ2) is 17.3. The Labute approximate surface area is 353 Å². The molecule has 56 heavy (non-hydrogen) atoms. The van der Waals surface area contributed by atoms with Gasteiger partial charge < -0.3 is 5.11 Å². The molecule has 1 aliphatic carbocycles. The van der Waals surface area contributed by atoms with Gasteiger partial charge in [0.05, 0.1) is 16.3 Å². The molecule has 5 aromatic carbocycles. The molecule has 0 saturated carbocycles. The van der Waals surface area contributed by atoms with Gasteiger partial charge in [0.2, 0.25) is 0 Å². The Morgan fingerprint density at radius 1 is 0.839 bits per heavy atom. The molecule has 295 valence electrons. The van der Waals surface area contributed by atoms with Crippen LogP contribution < -0.4 is 0 Å². The summed E-state index contributed by atoms with van der Waals surface area (Å²) in [6, 6.07) is 32.9. The summed E-state index contributed by atoms with van der Waals surface area (Å²) in [5.74, 6) is 0.547. The summed E-state index contributed by atoms with van der Waals surface area (Å²) >= 11 is 1.77. The minimum absolute atomic E-state index is 0. The van der Waals surface area contributed by atoms with Gasteiger partial charge >= 0.3 is 0 Å². The molecule has 6 aromatic rings. The first-order valence-electron chi connectivity index (χ1n) is 20.2. The van der Waals surface area contributed by atoms with Gasteiger partial charge in [-0.15, -0.1) is 17.5 Å². The Morgan fingerprint density at radius 3 is 2.05 bits per heavy atom. The summed E-state index contributed by atoms with van der Waals surface area (Å²) in [6.45, 7) is 24.2. The van der Waals surface area contributed by atoms with Gasteiger partial charge in [0.15, 0.2) is 5.78 Å². The molecule has 0 spiro atoms. The summed E-state index contributed by atoms with van der Waals surface area (Å²) < 4.78 is 1.21. The summed E-state index contributed by atoms with van der Waals surface area (Å²) in [4.78, 5) is 16.8. The van der Waals surface area contributed by atoms with Crippen molar-refractivity contribution in [2.75, 3.05) is 0 Å². The van der Waals surface area contributed by atoms with Gasteiger partial charge in [-0.25, -0.2) is 0 Å². The molecule has 0 aliphatic heterocycles. The van der Waals surface area contributed by atoms with E-state index in [1.54, 1.807) is 11.3 Å². The topological polar surface area (TPSA) is 50.2 Å². The van der Waals surface area contributed by atoms with E-state index in [1.807, 2.05) is 27.7 Å². The van der Waals surface area contributed by atoms with Crippen LogP contribution in [-0.4, -0.2) is 15.9 Å². The molecule has 0 atom stereocenters. The molecular weight excluding hydrogens is 883 g/mol. The molecule has 0 amide bonds. The maximum Gasteiger partial charge on any atom is 0.162 e. The maximum absolute atomic E-state index is 11.7. The number of thiazole rings is 1. The summed E-state index contributed by atoms with van der Waals surface area (Å²) in [5, 5.41) is 13.2. The van der Waals surface area contributed by atoms with Crippen molar-refractivity contribution in [3.8, 4) is 32.8 Å². The van der Waals surface area contributed by atoms with Crippen LogP contribution in [0.3, 0.4) is 0 Å². The molecule has 1 aliphatic rings. The Hall–Kier alpha value is -3.89. The minimum atomic E-state index is -0.135. The third kappa shape index (κ3) is 8.24. The third-order valence-electron chi connectivity index (χ3n) is 11.8. The molecule has 0 saturated heterocycles. The quantitative estimate of drug-likeness (QED) is 0.0893. The molecule has 3 nitrogen and oxygen atoms in total. The fraction of sp³-hybridized carbons (Fsp3) is 0.373. The van der Waals surface area contributed by atoms with E-state index in [2.05, 4.69) is 133 Å². The summed E-state index contributed by atoms with van der Waals surface area (Å²) in [5.41, 5.74) is 14.2. The first kappa shape index (κ1) is 43.2. The number of hydrogen-bond acceptors (Lipinski definition) is 4. The average Bonchev–Trinajstić information content (AvgIpc) is 3.68. The number of aliphatic hydroxyl groups excluding tert-OH is 1. The Morgan fingerprint density at radius 2 is 1.45 bits per heavy atom. The molecule has 7 rings (SSSR count). The number of rotatable bonds is 9. The molecule has 1 heterocycles. The number of aromatic nitrogens is 1. The normalized spacial score (nSPS) is 13.4. The Bertz CT molecular complexity index is 2350. The SMILES string of the molecule is CCC(CC)C(=O)/C=C(\O)C(CC)CC.Cc1cc(C(C)(C)C)cc(C)c1-c1ccc2c(c1)-c1c(-c3nc4ccccc4s3)[c-]c3ccccc3c1C2(C)C.[Ir]. The van der Waals surface area contributed by atoms with Crippen molar-refractivity contribution >= 4 is 38.1 Å². The van der Waals surface area contributed by atoms with Gasteiger partial charge in [-0.1, -0.05) is 145 Å². The number of hydrogen-bond donors (Lipinski definition) is 1. The van der Waals surface area contributed by atoms with Crippen molar-refractivity contribution in [1.29, 1.82) is 0 Å². The number of aryl methyl sites for hydroxylation is 2. The van der Waals surface area contributed by atoms with E-state index in [1.165, 1.54) is 66.2 Å². The zero-order chi connectivity index (χ0) is 39.8. The van der Waals surface area contributed by atoms with E-state index in [-0.39, 0.29) is 54.3 Å². The molecule has 1 radical (unpaired) electrons. The van der Waals surface area contributed by atoms with Crippen LogP contribution in [0.5, 0.6) is 0 Å². The molecule has 0 bridgehead atoms. The van der Waals surface area contributed by atoms with E-state index in [0.29, 0.717) is 0 Å². The van der Waals surface area contributed by atoms with Gasteiger partial charge in [0, 0.05) is 48.1 Å². The van der Waals surface area contributed by atoms with Crippen LogP contribution in [0.1, 0.15) is 116 Å². The van der Waals surface area contributed by atoms with Crippen molar-refractivity contribution in [2.24, 2.45) is 11.8 Å². The predicted molar refractivity (Wildman–Crippen MR) is 236 cm³/mol. The van der Waals surface area contributed by atoms with E-state index in [0.717, 1.165) is 47.2 Å². The van der Waals surface area contributed by atoms with Crippen molar-refractivity contribution in [3.05, 3.63) is 125 Å². The van der Waals surface area contributed by atoms with Crippen molar-refractivity contribution in [2.45, 2.75) is 113 Å². The smallest absolute Gasteiger partial charge is 0.162 e. The second-order valence-corrected chi connectivity index (χ2v) is 17.9. The molecule has 0 fully saturated rings. The second-order valence-electron chi connectivity index (χ2n) is 16.9. The number of aliphatic hydroxyl groups is 1. The summed E-state index contributed by atoms with van der Waals surface area (Å²) in [7, 11) is 0. The fourth-order valence-corrected chi connectivity index (χ4v) is 9.51. The van der Waals surface area contributed by atoms with Crippen LogP contribution in [-0.2, 0) is 35.7 Å². The number of fused-ring (bicyclic) bond motifs is 6. The Kier molecular flexibility index (Phi) is 13.4. The number of allylic oxidation sites excluding steroid dienone is 2. The molecular formula is C51H58IrNO2S-. The van der Waals surface area contributed by atoms with Crippen molar-refractivity contribution in [3.63, 3.8) is 0 Å². The fourth-order valence-electron chi connectivity index (χ4n) is 8.54. The van der Waals surface area contributed by atoms with Gasteiger partial charge in [0.25, 0.3) is 0 Å². The third-order valence-corrected chi connectivity index (χ3v) is 12.9. The number of para-hydroxylation sites is 1. The van der Waals surface area contributed by atoms with Crippen LogP contribution in [0.25, 0.3) is 53.8 Å². The average molecular weight is 941 g/mol. The zero-order valence-corrected chi connectivity index (χ0v) is 38.3. The van der Waals surface area contributed by atoms with Gasteiger partial charge in [-0.3, -0.25) is 9.78 Å². The van der Waals surface area contributed by atoms with Crippen LogP contribution >= 0.6 is 11.3 Å². The van der Waals surface area contributed by atoms with E-state index in [4.69, 9.17) is 4.98 Å². The largest absolute Gasteiger partial charge is 0.512 e. The number of ketones is 1. The van der Waals surface area contributed by atoms with Crippen LogP contribution in [0.4, 0.5) is 0 Å². The van der Waals surface area contributed by atoms with E-state index in [9.17, 15) is 9.90 Å². The number of nitrogens with zero attached hydrogens (tertiary/aromatic N) is 1. The molecule has 1 aromatic heterocycles. The molecule has 0 unspecified atom stereocenters. The standard InChI is InChI=1S/C38H34NS.C13H24O2.Ir/c1-22-18-26(37(3,4)5)19-23(2)33(22)25-16-17-30-28(21-25)34-29(36-39-31-14-10-11-15-32(31)40-36)20-24-12-8-9-13-27(24)35(34)38(30,6)7;1-5-10(6-2)12(14)9-13(15)11(7-3)8-4;/h8-19,21H,1-7H3;9-11,14H,5-8H2,1-4H3;/q-1;;/b;12-9-;. The Balaban J connectivity index is 0.000000322. The van der Waals surface area contributed by atoms with Crippen LogP contribution in [0.15, 0.2) is 90.7 Å². The number of carbonyl (C=O) groups excluding carboxylic acids is 1. The monoisotopic (exact) mass is 941 g/mol. The van der Waals surface area contributed by atoms with E-state index >= 15 is 0 Å².